The highest BCUT2D eigenvalue weighted by molar-refractivity contribution is 5.97. The highest BCUT2D eigenvalue weighted by Gasteiger charge is 2.35. The number of ether oxygens (including phenoxy) is 1. The predicted molar refractivity (Wildman–Crippen MR) is 72.5 cm³/mol. The third kappa shape index (κ3) is 3.30. The number of nitrogens with zero attached hydrogens (tertiary/aromatic N) is 1. The van der Waals surface area contributed by atoms with Crippen molar-refractivity contribution in [3.63, 3.8) is 0 Å². The minimum atomic E-state index is -0.850. The van der Waals surface area contributed by atoms with Crippen LogP contribution in [0.4, 0.5) is 4.39 Å². The van der Waals surface area contributed by atoms with Crippen LogP contribution in [0, 0.1) is 5.82 Å². The van der Waals surface area contributed by atoms with Crippen molar-refractivity contribution >= 4 is 11.8 Å². The Morgan fingerprint density at radius 2 is 2.14 bits per heavy atom. The minimum absolute atomic E-state index is 0.0729. The van der Waals surface area contributed by atoms with Gasteiger partial charge in [0.2, 0.25) is 5.91 Å². The Kier molecular flexibility index (Phi) is 4.42. The molecule has 0 radical (unpaired) electrons. The lowest BCUT2D eigenvalue weighted by atomic mass is 10.1. The highest BCUT2D eigenvalue weighted by atomic mass is 19.1. The number of β-amino-alcohol motifs (C(OH)–C–C–N with tert-alkyl or cyclic N) is 1. The van der Waals surface area contributed by atoms with E-state index in [1.165, 1.54) is 31.1 Å². The van der Waals surface area contributed by atoms with Crippen LogP contribution < -0.4 is 10.1 Å². The van der Waals surface area contributed by atoms with Gasteiger partial charge in [0.1, 0.15) is 11.6 Å². The summed E-state index contributed by atoms with van der Waals surface area (Å²) >= 11 is 0. The average Bonchev–Trinajstić information content (AvgIpc) is 2.78. The molecule has 1 aliphatic heterocycles. The van der Waals surface area contributed by atoms with Gasteiger partial charge < -0.3 is 20.1 Å². The van der Waals surface area contributed by atoms with Gasteiger partial charge in [-0.1, -0.05) is 0 Å². The third-order valence-corrected chi connectivity index (χ3v) is 3.36. The maximum Gasteiger partial charge on any atom is 0.257 e. The SMILES string of the molecule is COc1ccc(F)cc1C(=O)N1C[C@@H](O)[C@H](NC(C)=O)C1. The van der Waals surface area contributed by atoms with E-state index in [2.05, 4.69) is 5.32 Å². The Bertz CT molecular complexity index is 564. The molecular weight excluding hydrogens is 279 g/mol. The molecule has 2 atom stereocenters. The van der Waals surface area contributed by atoms with Gasteiger partial charge in [0.15, 0.2) is 0 Å². The summed E-state index contributed by atoms with van der Waals surface area (Å²) in [6.45, 7) is 1.58. The highest BCUT2D eigenvalue weighted by Crippen LogP contribution is 2.23. The number of hydrogen-bond donors (Lipinski definition) is 2. The first-order valence-electron chi connectivity index (χ1n) is 6.50. The van der Waals surface area contributed by atoms with E-state index in [9.17, 15) is 19.1 Å². The van der Waals surface area contributed by atoms with Crippen LogP contribution in [-0.4, -0.2) is 54.2 Å². The zero-order valence-electron chi connectivity index (χ0n) is 11.8. The zero-order chi connectivity index (χ0) is 15.6. The van der Waals surface area contributed by atoms with E-state index in [4.69, 9.17) is 4.74 Å². The average molecular weight is 296 g/mol. The molecule has 1 fully saturated rings. The minimum Gasteiger partial charge on any atom is -0.496 e. The van der Waals surface area contributed by atoms with Crippen molar-refractivity contribution in [2.24, 2.45) is 0 Å². The van der Waals surface area contributed by atoms with Crippen LogP contribution in [0.25, 0.3) is 0 Å². The van der Waals surface area contributed by atoms with Crippen LogP contribution in [0.1, 0.15) is 17.3 Å². The Labute approximate surface area is 121 Å². The van der Waals surface area contributed by atoms with E-state index in [0.29, 0.717) is 0 Å². The number of aliphatic hydroxyl groups is 1. The summed E-state index contributed by atoms with van der Waals surface area (Å²) in [5.41, 5.74) is 0.0909. The number of nitrogens with one attached hydrogen (secondary N) is 1. The summed E-state index contributed by atoms with van der Waals surface area (Å²) in [6, 6.07) is 3.15. The molecule has 2 amide bonds. The summed E-state index contributed by atoms with van der Waals surface area (Å²) < 4.78 is 18.4. The van der Waals surface area contributed by atoms with E-state index in [1.54, 1.807) is 0 Å². The van der Waals surface area contributed by atoms with Crippen LogP contribution >= 0.6 is 0 Å². The summed E-state index contributed by atoms with van der Waals surface area (Å²) in [6.07, 6.45) is -0.850. The van der Waals surface area contributed by atoms with Crippen molar-refractivity contribution in [1.82, 2.24) is 10.2 Å². The monoisotopic (exact) mass is 296 g/mol. The standard InChI is InChI=1S/C14H17FN2O4/c1-8(18)16-11-6-17(7-12(11)19)14(20)10-5-9(15)3-4-13(10)21-2/h3-5,11-12,19H,6-7H2,1-2H3,(H,16,18)/t11-,12-/m1/s1. The first kappa shape index (κ1) is 15.2. The van der Waals surface area contributed by atoms with E-state index in [0.717, 1.165) is 6.07 Å². The summed E-state index contributed by atoms with van der Waals surface area (Å²) in [7, 11) is 1.39. The molecule has 1 aromatic rings. The van der Waals surface area contributed by atoms with Gasteiger partial charge in [-0.15, -0.1) is 0 Å². The maximum absolute atomic E-state index is 13.3. The lowest BCUT2D eigenvalue weighted by Gasteiger charge is -2.18. The Balaban J connectivity index is 2.18. The fourth-order valence-electron chi connectivity index (χ4n) is 2.37. The predicted octanol–water partition coefficient (Wildman–Crippen LogP) is 0.156. The van der Waals surface area contributed by atoms with Gasteiger partial charge in [-0.3, -0.25) is 9.59 Å². The summed E-state index contributed by atoms with van der Waals surface area (Å²) in [5, 5.41) is 12.5. The van der Waals surface area contributed by atoms with Crippen molar-refractivity contribution in [3.8, 4) is 5.75 Å². The quantitative estimate of drug-likeness (QED) is 0.832. The van der Waals surface area contributed by atoms with Gasteiger partial charge >= 0.3 is 0 Å². The second-order valence-electron chi connectivity index (χ2n) is 4.93. The largest absolute Gasteiger partial charge is 0.496 e. The van der Waals surface area contributed by atoms with Gasteiger partial charge in [-0.25, -0.2) is 4.39 Å². The Hall–Kier alpha value is -2.15. The number of carbonyl (C=O) groups is 2. The van der Waals surface area contributed by atoms with Gasteiger partial charge in [0, 0.05) is 20.0 Å². The molecule has 2 N–H and O–H groups in total. The topological polar surface area (TPSA) is 78.9 Å². The molecule has 7 heteroatoms. The van der Waals surface area contributed by atoms with Gasteiger partial charge in [0.05, 0.1) is 24.8 Å². The van der Waals surface area contributed by atoms with Crippen LogP contribution in [-0.2, 0) is 4.79 Å². The van der Waals surface area contributed by atoms with Crippen molar-refractivity contribution in [3.05, 3.63) is 29.6 Å². The van der Waals surface area contributed by atoms with Crippen LogP contribution in [0.15, 0.2) is 18.2 Å². The lowest BCUT2D eigenvalue weighted by Crippen LogP contribution is -2.41. The molecule has 0 aliphatic carbocycles. The zero-order valence-corrected chi connectivity index (χ0v) is 11.8. The fourth-order valence-corrected chi connectivity index (χ4v) is 2.37. The first-order valence-corrected chi connectivity index (χ1v) is 6.50. The van der Waals surface area contributed by atoms with E-state index in [-0.39, 0.29) is 30.3 Å². The molecule has 6 nitrogen and oxygen atoms in total. The molecule has 2 rings (SSSR count). The number of carbonyl (C=O) groups excluding carboxylic acids is 2. The molecule has 1 saturated heterocycles. The van der Waals surface area contributed by atoms with Crippen LogP contribution in [0.2, 0.25) is 0 Å². The summed E-state index contributed by atoms with van der Waals surface area (Å²) in [5.74, 6) is -1.01. The van der Waals surface area contributed by atoms with Crippen molar-refractivity contribution < 1.29 is 23.8 Å². The third-order valence-electron chi connectivity index (χ3n) is 3.36. The molecule has 0 unspecified atom stereocenters. The van der Waals surface area contributed by atoms with Gasteiger partial charge in [-0.05, 0) is 18.2 Å². The number of halogens is 1. The first-order chi connectivity index (χ1) is 9.92. The molecule has 0 aromatic heterocycles. The van der Waals surface area contributed by atoms with Crippen LogP contribution in [0.5, 0.6) is 5.75 Å². The fraction of sp³-hybridized carbons (Fsp3) is 0.429. The second kappa shape index (κ2) is 6.09. The molecule has 1 heterocycles. The molecule has 0 saturated carbocycles. The number of methoxy groups -OCH3 is 1. The van der Waals surface area contributed by atoms with Crippen molar-refractivity contribution in [2.45, 2.75) is 19.1 Å². The number of hydrogen-bond acceptors (Lipinski definition) is 4. The molecular formula is C14H17FN2O4. The number of benzene rings is 1. The summed E-state index contributed by atoms with van der Waals surface area (Å²) in [4.78, 5) is 24.8. The lowest BCUT2D eigenvalue weighted by molar-refractivity contribution is -0.120. The second-order valence-corrected chi connectivity index (χ2v) is 4.93. The molecule has 1 aromatic carbocycles. The molecule has 0 spiro atoms. The van der Waals surface area contributed by atoms with Gasteiger partial charge in [-0.2, -0.15) is 0 Å². The smallest absolute Gasteiger partial charge is 0.257 e. The van der Waals surface area contributed by atoms with Crippen molar-refractivity contribution in [1.29, 1.82) is 0 Å². The normalized spacial score (nSPS) is 21.2. The molecule has 21 heavy (non-hydrogen) atoms. The Morgan fingerprint density at radius 1 is 1.43 bits per heavy atom. The number of aliphatic hydroxyl groups excluding tert-OH is 1. The van der Waals surface area contributed by atoms with Crippen LogP contribution in [0.3, 0.4) is 0 Å². The number of rotatable bonds is 3. The van der Waals surface area contributed by atoms with Crippen molar-refractivity contribution in [2.75, 3.05) is 20.2 Å². The number of amides is 2. The van der Waals surface area contributed by atoms with E-state index < -0.39 is 23.9 Å². The Morgan fingerprint density at radius 3 is 2.76 bits per heavy atom. The molecule has 1 aliphatic rings. The number of likely N-dealkylation sites (tertiary alicyclic amines) is 1. The maximum atomic E-state index is 13.3. The van der Waals surface area contributed by atoms with E-state index in [1.807, 2.05) is 0 Å². The molecule has 0 bridgehead atoms. The van der Waals surface area contributed by atoms with Gasteiger partial charge in [0.25, 0.3) is 5.91 Å². The van der Waals surface area contributed by atoms with E-state index >= 15 is 0 Å². The molecule has 114 valence electrons.